The molecule has 2 rings (SSSR count). The Bertz CT molecular complexity index is 746. The second kappa shape index (κ2) is 7.96. The molecule has 2 N–H and O–H groups in total. The molecule has 1 aromatic heterocycles. The van der Waals surface area contributed by atoms with Crippen molar-refractivity contribution in [1.29, 1.82) is 0 Å². The van der Waals surface area contributed by atoms with E-state index in [0.29, 0.717) is 29.5 Å². The van der Waals surface area contributed by atoms with Crippen molar-refractivity contribution in [3.8, 4) is 11.5 Å². The molecule has 0 saturated carbocycles. The summed E-state index contributed by atoms with van der Waals surface area (Å²) in [6.45, 7) is 3.93. The number of carbonyl (C=O) groups excluding carboxylic acids is 2. The van der Waals surface area contributed by atoms with Gasteiger partial charge in [-0.1, -0.05) is 6.07 Å². The van der Waals surface area contributed by atoms with Gasteiger partial charge in [-0.2, -0.15) is 0 Å². The van der Waals surface area contributed by atoms with Crippen molar-refractivity contribution in [2.24, 2.45) is 0 Å². The number of esters is 1. The summed E-state index contributed by atoms with van der Waals surface area (Å²) >= 11 is 0. The van der Waals surface area contributed by atoms with Crippen LogP contribution in [0.4, 0.5) is 10.6 Å². The van der Waals surface area contributed by atoms with Crippen LogP contribution < -0.4 is 15.4 Å². The van der Waals surface area contributed by atoms with Crippen molar-refractivity contribution < 1.29 is 19.1 Å². The smallest absolute Gasteiger partial charge is 0.338 e. The van der Waals surface area contributed by atoms with Gasteiger partial charge < -0.3 is 14.8 Å². The van der Waals surface area contributed by atoms with Crippen LogP contribution in [0, 0.1) is 6.92 Å². The minimum Gasteiger partial charge on any atom is -0.462 e. The number of rotatable bonds is 5. The van der Waals surface area contributed by atoms with Crippen LogP contribution in [0.1, 0.15) is 22.8 Å². The molecule has 7 nitrogen and oxygen atoms in total. The Morgan fingerprint density at radius 3 is 2.71 bits per heavy atom. The van der Waals surface area contributed by atoms with Gasteiger partial charge in [-0.05, 0) is 37.6 Å². The van der Waals surface area contributed by atoms with Crippen molar-refractivity contribution in [2.45, 2.75) is 13.8 Å². The van der Waals surface area contributed by atoms with Gasteiger partial charge >= 0.3 is 12.0 Å². The molecule has 126 valence electrons. The molecule has 0 fully saturated rings. The SMILES string of the molecule is CCOC(=O)c1ccc(C)c(Oc2ccnc(NC(=O)NC)c2)c1. The fourth-order valence-corrected chi connectivity index (χ4v) is 1.90. The van der Waals surface area contributed by atoms with E-state index in [9.17, 15) is 9.59 Å². The number of aryl methyl sites for hydroxylation is 1. The highest BCUT2D eigenvalue weighted by Crippen LogP contribution is 2.27. The average molecular weight is 329 g/mol. The first kappa shape index (κ1) is 17.3. The zero-order valence-corrected chi connectivity index (χ0v) is 13.8. The molecule has 0 atom stereocenters. The van der Waals surface area contributed by atoms with E-state index >= 15 is 0 Å². The number of carbonyl (C=O) groups is 2. The third-order valence-corrected chi connectivity index (χ3v) is 3.13. The lowest BCUT2D eigenvalue weighted by atomic mass is 10.1. The zero-order valence-electron chi connectivity index (χ0n) is 13.8. The quantitative estimate of drug-likeness (QED) is 0.823. The number of ether oxygens (including phenoxy) is 2. The predicted molar refractivity (Wildman–Crippen MR) is 89.5 cm³/mol. The number of nitrogens with zero attached hydrogens (tertiary/aromatic N) is 1. The van der Waals surface area contributed by atoms with Crippen LogP contribution in [0.3, 0.4) is 0 Å². The highest BCUT2D eigenvalue weighted by molar-refractivity contribution is 5.90. The lowest BCUT2D eigenvalue weighted by molar-refractivity contribution is 0.0526. The van der Waals surface area contributed by atoms with Gasteiger partial charge in [0.15, 0.2) is 0 Å². The van der Waals surface area contributed by atoms with Crippen molar-refractivity contribution >= 4 is 17.8 Å². The van der Waals surface area contributed by atoms with Crippen molar-refractivity contribution in [2.75, 3.05) is 19.0 Å². The van der Waals surface area contributed by atoms with Crippen molar-refractivity contribution in [3.05, 3.63) is 47.7 Å². The molecule has 0 aliphatic rings. The maximum atomic E-state index is 11.8. The maximum Gasteiger partial charge on any atom is 0.338 e. The van der Waals surface area contributed by atoms with Gasteiger partial charge in [-0.3, -0.25) is 5.32 Å². The van der Waals surface area contributed by atoms with Crippen LogP contribution in [-0.2, 0) is 4.74 Å². The Labute approximate surface area is 140 Å². The minimum atomic E-state index is -0.404. The number of anilines is 1. The highest BCUT2D eigenvalue weighted by Gasteiger charge is 2.11. The number of aromatic nitrogens is 1. The Hall–Kier alpha value is -3.09. The van der Waals surface area contributed by atoms with Crippen LogP contribution in [0.5, 0.6) is 11.5 Å². The van der Waals surface area contributed by atoms with Gasteiger partial charge in [0.2, 0.25) is 0 Å². The predicted octanol–water partition coefficient (Wildman–Crippen LogP) is 3.11. The van der Waals surface area contributed by atoms with Crippen LogP contribution in [0.25, 0.3) is 0 Å². The molecule has 2 aromatic rings. The van der Waals surface area contributed by atoms with Gasteiger partial charge in [-0.15, -0.1) is 0 Å². The average Bonchev–Trinajstić information content (AvgIpc) is 2.57. The number of urea groups is 1. The summed E-state index contributed by atoms with van der Waals surface area (Å²) in [5, 5.41) is 5.00. The fourth-order valence-electron chi connectivity index (χ4n) is 1.90. The third-order valence-electron chi connectivity index (χ3n) is 3.13. The van der Waals surface area contributed by atoms with Gasteiger partial charge in [0.05, 0.1) is 12.2 Å². The summed E-state index contributed by atoms with van der Waals surface area (Å²) in [6, 6.07) is 7.97. The molecule has 1 heterocycles. The number of nitrogens with one attached hydrogen (secondary N) is 2. The minimum absolute atomic E-state index is 0.307. The van der Waals surface area contributed by atoms with E-state index in [1.54, 1.807) is 37.3 Å². The molecule has 2 amide bonds. The van der Waals surface area contributed by atoms with E-state index in [0.717, 1.165) is 5.56 Å². The molecule has 0 aliphatic carbocycles. The van der Waals surface area contributed by atoms with Crippen LogP contribution in [-0.4, -0.2) is 30.6 Å². The Morgan fingerprint density at radius 1 is 1.21 bits per heavy atom. The van der Waals surface area contributed by atoms with Gasteiger partial charge in [0.25, 0.3) is 0 Å². The number of pyridine rings is 1. The molecular weight excluding hydrogens is 310 g/mol. The lowest BCUT2D eigenvalue weighted by Crippen LogP contribution is -2.24. The van der Waals surface area contributed by atoms with E-state index in [2.05, 4.69) is 15.6 Å². The number of hydrogen-bond donors (Lipinski definition) is 2. The monoisotopic (exact) mass is 329 g/mol. The van der Waals surface area contributed by atoms with E-state index in [1.807, 2.05) is 6.92 Å². The van der Waals surface area contributed by atoms with Crippen LogP contribution in [0.15, 0.2) is 36.5 Å². The van der Waals surface area contributed by atoms with E-state index in [-0.39, 0.29) is 6.03 Å². The molecule has 0 aliphatic heterocycles. The Kier molecular flexibility index (Phi) is 5.73. The summed E-state index contributed by atoms with van der Waals surface area (Å²) in [7, 11) is 1.51. The van der Waals surface area contributed by atoms with E-state index in [4.69, 9.17) is 9.47 Å². The van der Waals surface area contributed by atoms with Crippen molar-refractivity contribution in [1.82, 2.24) is 10.3 Å². The molecular formula is C17H19N3O4. The van der Waals surface area contributed by atoms with Gasteiger partial charge in [-0.25, -0.2) is 14.6 Å². The second-order valence-electron chi connectivity index (χ2n) is 4.88. The summed E-state index contributed by atoms with van der Waals surface area (Å²) in [4.78, 5) is 27.2. The first-order chi connectivity index (χ1) is 11.5. The van der Waals surface area contributed by atoms with Crippen molar-refractivity contribution in [3.63, 3.8) is 0 Å². The van der Waals surface area contributed by atoms with Crippen LogP contribution in [0.2, 0.25) is 0 Å². The van der Waals surface area contributed by atoms with Crippen LogP contribution >= 0.6 is 0 Å². The highest BCUT2D eigenvalue weighted by atomic mass is 16.5. The van der Waals surface area contributed by atoms with E-state index in [1.165, 1.54) is 13.2 Å². The first-order valence-electron chi connectivity index (χ1n) is 7.44. The number of amides is 2. The Morgan fingerprint density at radius 2 is 2.00 bits per heavy atom. The number of benzene rings is 1. The van der Waals surface area contributed by atoms with E-state index < -0.39 is 5.97 Å². The van der Waals surface area contributed by atoms with Gasteiger partial charge in [0.1, 0.15) is 17.3 Å². The van der Waals surface area contributed by atoms with Gasteiger partial charge in [0, 0.05) is 19.3 Å². The molecule has 0 saturated heterocycles. The molecule has 7 heteroatoms. The summed E-state index contributed by atoms with van der Waals surface area (Å²) in [6.07, 6.45) is 1.52. The Balaban J connectivity index is 2.21. The molecule has 0 radical (unpaired) electrons. The summed E-state index contributed by atoms with van der Waals surface area (Å²) < 4.78 is 10.8. The molecule has 1 aromatic carbocycles. The second-order valence-corrected chi connectivity index (χ2v) is 4.88. The third kappa shape index (κ3) is 4.45. The standard InChI is InChI=1S/C17H19N3O4/c1-4-23-16(21)12-6-5-11(2)14(9-12)24-13-7-8-19-15(10-13)20-17(22)18-3/h5-10H,4H2,1-3H3,(H2,18,19,20,22). The molecule has 0 bridgehead atoms. The normalized spacial score (nSPS) is 9.96. The fraction of sp³-hybridized carbons (Fsp3) is 0.235. The lowest BCUT2D eigenvalue weighted by Gasteiger charge is -2.11. The molecule has 0 unspecified atom stereocenters. The summed E-state index contributed by atoms with van der Waals surface area (Å²) in [5.74, 6) is 0.961. The topological polar surface area (TPSA) is 89.6 Å². The first-order valence-corrected chi connectivity index (χ1v) is 7.44. The summed E-state index contributed by atoms with van der Waals surface area (Å²) in [5.41, 5.74) is 1.27. The zero-order chi connectivity index (χ0) is 17.5. The maximum absolute atomic E-state index is 11.8. The molecule has 0 spiro atoms. The largest absolute Gasteiger partial charge is 0.462 e. The molecule has 24 heavy (non-hydrogen) atoms. The number of hydrogen-bond acceptors (Lipinski definition) is 5.